The van der Waals surface area contributed by atoms with E-state index in [2.05, 4.69) is 11.8 Å². The predicted molar refractivity (Wildman–Crippen MR) is 129 cm³/mol. The van der Waals surface area contributed by atoms with Gasteiger partial charge < -0.3 is 20.6 Å². The average molecular weight is 489 g/mol. The van der Waals surface area contributed by atoms with Gasteiger partial charge in [-0.05, 0) is 37.3 Å². The van der Waals surface area contributed by atoms with Gasteiger partial charge in [0.2, 0.25) is 5.91 Å². The number of hydrogen-bond donors (Lipinski definition) is 2. The minimum Gasteiger partial charge on any atom is -0.309 e. The molecule has 2 N–H and O–H groups in total. The molecule has 2 aromatic carbocycles. The summed E-state index contributed by atoms with van der Waals surface area (Å²) in [5, 5.41) is 14.7. The summed E-state index contributed by atoms with van der Waals surface area (Å²) < 4.78 is 30.1. The first-order valence-corrected chi connectivity index (χ1v) is 10.9. The molecule has 0 aliphatic carbocycles. The van der Waals surface area contributed by atoms with Crippen molar-refractivity contribution in [3.63, 3.8) is 0 Å². The molecule has 36 heavy (non-hydrogen) atoms. The molecule has 0 radical (unpaired) electrons. The molecule has 2 aliphatic heterocycles. The van der Waals surface area contributed by atoms with E-state index in [-0.39, 0.29) is 24.4 Å². The Balaban J connectivity index is 1.66. The van der Waals surface area contributed by atoms with E-state index in [1.807, 2.05) is 6.07 Å². The number of hydrogen-bond acceptors (Lipinski definition) is 5. The molecule has 0 saturated carbocycles. The summed E-state index contributed by atoms with van der Waals surface area (Å²) in [6, 6.07) is 9.72. The summed E-state index contributed by atoms with van der Waals surface area (Å²) in [5.41, 5.74) is -1.63. The lowest BCUT2D eigenvalue weighted by molar-refractivity contribution is -0.149. The summed E-state index contributed by atoms with van der Waals surface area (Å²) in [7, 11) is 0. The van der Waals surface area contributed by atoms with Crippen LogP contribution in [0.15, 0.2) is 54.2 Å². The first-order chi connectivity index (χ1) is 17.2. The zero-order valence-corrected chi connectivity index (χ0v) is 19.2. The highest BCUT2D eigenvalue weighted by Crippen LogP contribution is 2.37. The van der Waals surface area contributed by atoms with Gasteiger partial charge in [-0.1, -0.05) is 30.0 Å². The SMILES string of the molecule is C[C@@]12CC(=O)N(c3c(F)cc(C#Cc4ccccc4)cc3F)C(=O)N1CCN(/C(C=N)=C/C=N)C2=O. The highest BCUT2D eigenvalue weighted by molar-refractivity contribution is 6.19. The maximum absolute atomic E-state index is 15.1. The highest BCUT2D eigenvalue weighted by Gasteiger charge is 2.56. The van der Waals surface area contributed by atoms with Crippen molar-refractivity contribution in [1.29, 1.82) is 10.8 Å². The Bertz CT molecular complexity index is 1360. The molecule has 2 fully saturated rings. The van der Waals surface area contributed by atoms with Gasteiger partial charge in [0.05, 0.1) is 12.1 Å². The number of halogens is 2. The normalized spacial score (nSPS) is 20.0. The Hall–Kier alpha value is -4.65. The molecule has 182 valence electrons. The fraction of sp³-hybridized carbons (Fsp3) is 0.192. The summed E-state index contributed by atoms with van der Waals surface area (Å²) in [6.45, 7) is 1.34. The summed E-state index contributed by atoms with van der Waals surface area (Å²) in [6.07, 6.45) is 2.54. The Morgan fingerprint density at radius 2 is 1.64 bits per heavy atom. The maximum atomic E-state index is 15.1. The molecule has 0 bridgehead atoms. The second-order valence-corrected chi connectivity index (χ2v) is 8.38. The lowest BCUT2D eigenvalue weighted by Gasteiger charge is -2.51. The lowest BCUT2D eigenvalue weighted by atomic mass is 9.88. The van der Waals surface area contributed by atoms with Gasteiger partial charge in [-0.15, -0.1) is 0 Å². The van der Waals surface area contributed by atoms with Gasteiger partial charge in [0.1, 0.15) is 11.2 Å². The fourth-order valence-electron chi connectivity index (χ4n) is 4.32. The molecule has 0 spiro atoms. The van der Waals surface area contributed by atoms with Crippen molar-refractivity contribution in [1.82, 2.24) is 9.80 Å². The predicted octanol–water partition coefficient (Wildman–Crippen LogP) is 3.31. The molecule has 0 unspecified atom stereocenters. The van der Waals surface area contributed by atoms with Crippen LogP contribution < -0.4 is 4.90 Å². The monoisotopic (exact) mass is 489 g/mol. The number of rotatable bonds is 4. The van der Waals surface area contributed by atoms with Crippen LogP contribution in [0.1, 0.15) is 24.5 Å². The number of fused-ring (bicyclic) bond motifs is 1. The van der Waals surface area contributed by atoms with Crippen LogP contribution in [0.5, 0.6) is 0 Å². The van der Waals surface area contributed by atoms with Gasteiger partial charge in [-0.3, -0.25) is 9.59 Å². The number of carbonyl (C=O) groups excluding carboxylic acids is 3. The molecule has 2 aromatic rings. The number of imide groups is 1. The van der Waals surface area contributed by atoms with Crippen molar-refractivity contribution in [2.45, 2.75) is 18.9 Å². The highest BCUT2D eigenvalue weighted by atomic mass is 19.1. The van der Waals surface area contributed by atoms with Crippen LogP contribution in [-0.2, 0) is 9.59 Å². The Morgan fingerprint density at radius 3 is 2.25 bits per heavy atom. The molecule has 10 heteroatoms. The first kappa shape index (κ1) is 24.5. The second kappa shape index (κ2) is 9.54. The number of amides is 4. The van der Waals surface area contributed by atoms with Crippen LogP contribution in [0.4, 0.5) is 19.3 Å². The molecular weight excluding hydrogens is 468 g/mol. The molecule has 8 nitrogen and oxygen atoms in total. The van der Waals surface area contributed by atoms with E-state index in [0.29, 0.717) is 10.5 Å². The minimum atomic E-state index is -1.61. The number of piperazine rings is 1. The minimum absolute atomic E-state index is 0.0176. The lowest BCUT2D eigenvalue weighted by Crippen LogP contribution is -2.72. The topological polar surface area (TPSA) is 109 Å². The van der Waals surface area contributed by atoms with Crippen molar-refractivity contribution in [3.8, 4) is 11.8 Å². The van der Waals surface area contributed by atoms with Crippen molar-refractivity contribution in [2.24, 2.45) is 0 Å². The van der Waals surface area contributed by atoms with Crippen molar-refractivity contribution in [3.05, 3.63) is 77.0 Å². The van der Waals surface area contributed by atoms with Crippen LogP contribution in [0.2, 0.25) is 0 Å². The van der Waals surface area contributed by atoms with Gasteiger partial charge >= 0.3 is 6.03 Å². The van der Waals surface area contributed by atoms with E-state index in [4.69, 9.17) is 10.8 Å². The van der Waals surface area contributed by atoms with Gasteiger partial charge in [-0.2, -0.15) is 0 Å². The molecule has 0 aromatic heterocycles. The molecule has 4 amide bonds. The third kappa shape index (κ3) is 4.15. The number of nitrogens with zero attached hydrogens (tertiary/aromatic N) is 3. The van der Waals surface area contributed by atoms with Crippen molar-refractivity contribution < 1.29 is 23.2 Å². The Labute approximate surface area is 205 Å². The van der Waals surface area contributed by atoms with Crippen LogP contribution in [0.3, 0.4) is 0 Å². The zero-order chi connectivity index (χ0) is 26.0. The molecule has 2 heterocycles. The van der Waals surface area contributed by atoms with Crippen LogP contribution in [0.25, 0.3) is 0 Å². The third-order valence-electron chi connectivity index (χ3n) is 6.09. The number of anilines is 1. The first-order valence-electron chi connectivity index (χ1n) is 10.9. The van der Waals surface area contributed by atoms with Crippen LogP contribution in [-0.4, -0.2) is 58.7 Å². The quantitative estimate of drug-likeness (QED) is 0.508. The van der Waals surface area contributed by atoms with Gasteiger partial charge in [-0.25, -0.2) is 18.5 Å². The van der Waals surface area contributed by atoms with Crippen LogP contribution >= 0.6 is 0 Å². The summed E-state index contributed by atoms with van der Waals surface area (Å²) >= 11 is 0. The Morgan fingerprint density at radius 1 is 1.00 bits per heavy atom. The van der Waals surface area contributed by atoms with E-state index < -0.39 is 47.1 Å². The number of benzene rings is 2. The third-order valence-corrected chi connectivity index (χ3v) is 6.09. The second-order valence-electron chi connectivity index (χ2n) is 8.38. The van der Waals surface area contributed by atoms with E-state index in [0.717, 1.165) is 29.5 Å². The van der Waals surface area contributed by atoms with E-state index in [1.54, 1.807) is 24.3 Å². The van der Waals surface area contributed by atoms with Gasteiger partial charge in [0.15, 0.2) is 11.6 Å². The standard InChI is InChI=1S/C26H21F2N5O3/c1-26-15-22(34)33(25(36)32(26)12-11-31(24(26)35)19(16-30)9-10-29)23-20(27)13-18(14-21(23)28)8-7-17-5-3-2-4-6-17/h2-6,9-10,13-14,16,29-30H,11-12,15H2,1H3/b19-9+,29-10?,30-16?/t26-/m0/s1. The van der Waals surface area contributed by atoms with Gasteiger partial charge in [0, 0.05) is 36.6 Å². The largest absolute Gasteiger partial charge is 0.332 e. The van der Waals surface area contributed by atoms with Crippen molar-refractivity contribution >= 4 is 36.0 Å². The molecule has 2 aliphatic rings. The number of carbonyl (C=O) groups is 3. The maximum Gasteiger partial charge on any atom is 0.332 e. The van der Waals surface area contributed by atoms with Crippen LogP contribution in [0, 0.1) is 34.3 Å². The molecule has 4 rings (SSSR count). The molecule has 1 atom stereocenters. The molecule has 2 saturated heterocycles. The van der Waals surface area contributed by atoms with E-state index in [1.165, 1.54) is 17.9 Å². The summed E-state index contributed by atoms with van der Waals surface area (Å²) in [5.74, 6) is 1.61. The van der Waals surface area contributed by atoms with E-state index in [9.17, 15) is 14.4 Å². The fourth-order valence-corrected chi connectivity index (χ4v) is 4.32. The number of urea groups is 1. The van der Waals surface area contributed by atoms with Gasteiger partial charge in [0.25, 0.3) is 5.91 Å². The zero-order valence-electron chi connectivity index (χ0n) is 19.2. The number of nitrogens with one attached hydrogen (secondary N) is 2. The smallest absolute Gasteiger partial charge is 0.309 e. The number of allylic oxidation sites excluding steroid dienone is 2. The summed E-state index contributed by atoms with van der Waals surface area (Å²) in [4.78, 5) is 42.3. The van der Waals surface area contributed by atoms with Crippen molar-refractivity contribution in [2.75, 3.05) is 18.0 Å². The Kier molecular flexibility index (Phi) is 6.49. The average Bonchev–Trinajstić information content (AvgIpc) is 2.85. The molecular formula is C26H21F2N5O3. The van der Waals surface area contributed by atoms with E-state index >= 15 is 8.78 Å².